The molecule has 9 heteroatoms. The number of amides is 2. The Labute approximate surface area is 203 Å². The molecule has 2 aromatic carbocycles. The molecule has 1 fully saturated rings. The molecule has 2 aromatic heterocycles. The molecule has 3 heterocycles. The number of carbonyl (C=O) groups excluding carboxylic acids is 1. The van der Waals surface area contributed by atoms with E-state index in [0.717, 1.165) is 53.9 Å². The molecule has 0 spiro atoms. The predicted molar refractivity (Wildman–Crippen MR) is 134 cm³/mol. The Kier molecular flexibility index (Phi) is 6.49. The van der Waals surface area contributed by atoms with Crippen molar-refractivity contribution in [2.24, 2.45) is 0 Å². The van der Waals surface area contributed by atoms with Crippen molar-refractivity contribution in [3.05, 3.63) is 72.4 Å². The standard InChI is InChI=1S/C26H28N8O/c1-2-28-25(35)30-26(12-13-27-17-26)15-18-8-10-20(11-9-18)23-22(19-6-4-3-5-7-19)14-21(16-29-23)24-31-33-34-32-24/h3-11,14,16,27H,2,12-13,15,17H2,1H3,(H2,28,30,35)(H,31,32,33,34)/t26-/m0/s1. The van der Waals surface area contributed by atoms with Gasteiger partial charge in [0.25, 0.3) is 0 Å². The Morgan fingerprint density at radius 2 is 1.89 bits per heavy atom. The molecule has 0 saturated carbocycles. The van der Waals surface area contributed by atoms with E-state index in [-0.39, 0.29) is 11.6 Å². The van der Waals surface area contributed by atoms with E-state index >= 15 is 0 Å². The molecule has 0 unspecified atom stereocenters. The van der Waals surface area contributed by atoms with Crippen molar-refractivity contribution >= 4 is 6.03 Å². The molecule has 9 nitrogen and oxygen atoms in total. The Hall–Kier alpha value is -4.11. The lowest BCUT2D eigenvalue weighted by Gasteiger charge is -2.30. The average molecular weight is 469 g/mol. The normalized spacial score (nSPS) is 17.3. The number of benzene rings is 2. The number of tetrazole rings is 1. The van der Waals surface area contributed by atoms with E-state index in [4.69, 9.17) is 4.98 Å². The topological polar surface area (TPSA) is 121 Å². The van der Waals surface area contributed by atoms with Gasteiger partial charge in [0.2, 0.25) is 5.82 Å². The fourth-order valence-electron chi connectivity index (χ4n) is 4.60. The highest BCUT2D eigenvalue weighted by atomic mass is 16.2. The fourth-order valence-corrected chi connectivity index (χ4v) is 4.60. The third-order valence-electron chi connectivity index (χ3n) is 6.31. The molecule has 0 radical (unpaired) electrons. The maximum Gasteiger partial charge on any atom is 0.315 e. The summed E-state index contributed by atoms with van der Waals surface area (Å²) in [6, 6.07) is 20.5. The summed E-state index contributed by atoms with van der Waals surface area (Å²) in [6.07, 6.45) is 3.42. The third kappa shape index (κ3) is 5.04. The van der Waals surface area contributed by atoms with Crippen LogP contribution in [-0.4, -0.2) is 56.8 Å². The van der Waals surface area contributed by atoms with Crippen LogP contribution in [0.2, 0.25) is 0 Å². The Bertz CT molecular complexity index is 1270. The summed E-state index contributed by atoms with van der Waals surface area (Å²) in [6.45, 7) is 4.17. The molecule has 0 bridgehead atoms. The number of rotatable bonds is 7. The fraction of sp³-hybridized carbons (Fsp3) is 0.269. The maximum atomic E-state index is 12.2. The molecule has 4 aromatic rings. The summed E-state index contributed by atoms with van der Waals surface area (Å²) in [5.74, 6) is 0.506. The molecule has 2 amide bonds. The SMILES string of the molecule is CCNC(=O)N[C@]1(Cc2ccc(-c3ncc(-c4nn[nH]n4)cc3-c3ccccc3)cc2)CCNC1. The smallest absolute Gasteiger partial charge is 0.315 e. The summed E-state index contributed by atoms with van der Waals surface area (Å²) < 4.78 is 0. The molecule has 1 aliphatic heterocycles. The monoisotopic (exact) mass is 468 g/mol. The number of nitrogens with one attached hydrogen (secondary N) is 4. The minimum absolute atomic E-state index is 0.119. The number of aromatic amines is 1. The summed E-state index contributed by atoms with van der Waals surface area (Å²) in [5.41, 5.74) is 5.63. The van der Waals surface area contributed by atoms with Gasteiger partial charge in [-0.15, -0.1) is 10.2 Å². The van der Waals surface area contributed by atoms with Crippen LogP contribution in [0, 0.1) is 0 Å². The van der Waals surface area contributed by atoms with Gasteiger partial charge < -0.3 is 16.0 Å². The van der Waals surface area contributed by atoms with Gasteiger partial charge in [-0.2, -0.15) is 5.21 Å². The molecular formula is C26H28N8O. The van der Waals surface area contributed by atoms with E-state index in [1.54, 1.807) is 6.20 Å². The van der Waals surface area contributed by atoms with Crippen molar-refractivity contribution in [2.75, 3.05) is 19.6 Å². The zero-order valence-corrected chi connectivity index (χ0v) is 19.6. The largest absolute Gasteiger partial charge is 0.338 e. The maximum absolute atomic E-state index is 12.2. The number of hydrogen-bond donors (Lipinski definition) is 4. The summed E-state index contributed by atoms with van der Waals surface area (Å²) >= 11 is 0. The van der Waals surface area contributed by atoms with Crippen LogP contribution in [0.15, 0.2) is 66.9 Å². The molecule has 0 aliphatic carbocycles. The molecule has 1 saturated heterocycles. The van der Waals surface area contributed by atoms with Crippen molar-refractivity contribution in [1.82, 2.24) is 41.6 Å². The Morgan fingerprint density at radius 3 is 2.57 bits per heavy atom. The van der Waals surface area contributed by atoms with Gasteiger partial charge in [-0.3, -0.25) is 4.98 Å². The van der Waals surface area contributed by atoms with E-state index in [2.05, 4.69) is 73.0 Å². The lowest BCUT2D eigenvalue weighted by molar-refractivity contribution is 0.227. The Balaban J connectivity index is 1.44. The highest BCUT2D eigenvalue weighted by Crippen LogP contribution is 2.33. The van der Waals surface area contributed by atoms with Crippen LogP contribution >= 0.6 is 0 Å². The summed E-state index contributed by atoms with van der Waals surface area (Å²) in [5, 5.41) is 23.8. The lowest BCUT2D eigenvalue weighted by atomic mass is 9.89. The van der Waals surface area contributed by atoms with Crippen LogP contribution in [0.3, 0.4) is 0 Å². The summed E-state index contributed by atoms with van der Waals surface area (Å²) in [7, 11) is 0. The number of pyridine rings is 1. The first kappa shape index (κ1) is 22.7. The van der Waals surface area contributed by atoms with E-state index in [0.29, 0.717) is 12.4 Å². The first-order valence-corrected chi connectivity index (χ1v) is 11.8. The van der Waals surface area contributed by atoms with E-state index < -0.39 is 0 Å². The molecule has 1 atom stereocenters. The van der Waals surface area contributed by atoms with Crippen LogP contribution in [0.5, 0.6) is 0 Å². The van der Waals surface area contributed by atoms with Crippen molar-refractivity contribution in [2.45, 2.75) is 25.3 Å². The molecule has 5 rings (SSSR count). The quantitative estimate of drug-likeness (QED) is 0.331. The average Bonchev–Trinajstić information content (AvgIpc) is 3.58. The number of nitrogens with zero attached hydrogens (tertiary/aromatic N) is 4. The molecular weight excluding hydrogens is 440 g/mol. The van der Waals surface area contributed by atoms with Gasteiger partial charge in [0.15, 0.2) is 0 Å². The number of aromatic nitrogens is 5. The van der Waals surface area contributed by atoms with Gasteiger partial charge in [0.1, 0.15) is 0 Å². The summed E-state index contributed by atoms with van der Waals surface area (Å²) in [4.78, 5) is 17.0. The van der Waals surface area contributed by atoms with Gasteiger partial charge in [-0.1, -0.05) is 54.6 Å². The number of carbonyl (C=O) groups is 1. The minimum atomic E-state index is -0.291. The van der Waals surface area contributed by atoms with Crippen molar-refractivity contribution in [1.29, 1.82) is 0 Å². The van der Waals surface area contributed by atoms with Crippen molar-refractivity contribution in [3.8, 4) is 33.8 Å². The second-order valence-corrected chi connectivity index (χ2v) is 8.79. The first-order valence-electron chi connectivity index (χ1n) is 11.8. The van der Waals surface area contributed by atoms with E-state index in [9.17, 15) is 4.79 Å². The highest BCUT2D eigenvalue weighted by molar-refractivity contribution is 5.83. The van der Waals surface area contributed by atoms with Crippen LogP contribution in [-0.2, 0) is 6.42 Å². The van der Waals surface area contributed by atoms with E-state index in [1.807, 2.05) is 31.2 Å². The van der Waals surface area contributed by atoms with Crippen LogP contribution in [0.4, 0.5) is 4.79 Å². The zero-order valence-electron chi connectivity index (χ0n) is 19.6. The predicted octanol–water partition coefficient (Wildman–Crippen LogP) is 3.19. The number of urea groups is 1. The van der Waals surface area contributed by atoms with Gasteiger partial charge in [0, 0.05) is 36.0 Å². The third-order valence-corrected chi connectivity index (χ3v) is 6.31. The molecule has 35 heavy (non-hydrogen) atoms. The van der Waals surface area contributed by atoms with Crippen molar-refractivity contribution < 1.29 is 4.79 Å². The molecule has 4 N–H and O–H groups in total. The van der Waals surface area contributed by atoms with Crippen molar-refractivity contribution in [3.63, 3.8) is 0 Å². The lowest BCUT2D eigenvalue weighted by Crippen LogP contribution is -2.54. The molecule has 178 valence electrons. The van der Waals surface area contributed by atoms with Gasteiger partial charge in [0.05, 0.1) is 11.2 Å². The second-order valence-electron chi connectivity index (χ2n) is 8.79. The highest BCUT2D eigenvalue weighted by Gasteiger charge is 2.35. The van der Waals surface area contributed by atoms with Gasteiger partial charge in [-0.05, 0) is 48.7 Å². The van der Waals surface area contributed by atoms with Gasteiger partial charge >= 0.3 is 6.03 Å². The first-order chi connectivity index (χ1) is 17.2. The van der Waals surface area contributed by atoms with Crippen LogP contribution in [0.25, 0.3) is 33.8 Å². The molecule has 1 aliphatic rings. The number of H-pyrrole nitrogens is 1. The van der Waals surface area contributed by atoms with Crippen LogP contribution < -0.4 is 16.0 Å². The second kappa shape index (κ2) is 10.0. The van der Waals surface area contributed by atoms with E-state index in [1.165, 1.54) is 5.56 Å². The Morgan fingerprint density at radius 1 is 1.06 bits per heavy atom. The van der Waals surface area contributed by atoms with Gasteiger partial charge in [-0.25, -0.2) is 4.79 Å². The zero-order chi connectivity index (χ0) is 24.1. The van der Waals surface area contributed by atoms with Crippen LogP contribution in [0.1, 0.15) is 18.9 Å². The minimum Gasteiger partial charge on any atom is -0.338 e. The number of hydrogen-bond acceptors (Lipinski definition) is 6.